The number of fused-ring (bicyclic) bond motifs is 1. The third-order valence-electron chi connectivity index (χ3n) is 2.72. The average Bonchev–Trinajstić information content (AvgIpc) is 2.37. The number of hydrogen-bond acceptors (Lipinski definition) is 3. The highest BCUT2D eigenvalue weighted by molar-refractivity contribution is 6.30. The van der Waals surface area contributed by atoms with E-state index in [1.54, 1.807) is 0 Å². The normalized spacial score (nSPS) is 10.7. The second-order valence-electron chi connectivity index (χ2n) is 3.96. The molecule has 0 spiro atoms. The van der Waals surface area contributed by atoms with Crippen molar-refractivity contribution in [3.05, 3.63) is 53.6 Å². The van der Waals surface area contributed by atoms with Crippen LogP contribution in [0.2, 0.25) is 5.02 Å². The maximum absolute atomic E-state index is 6.01. The first-order valence-electron chi connectivity index (χ1n) is 5.52. The van der Waals surface area contributed by atoms with Gasteiger partial charge >= 0.3 is 0 Å². The van der Waals surface area contributed by atoms with Crippen LogP contribution in [0.1, 0.15) is 0 Å². The van der Waals surface area contributed by atoms with E-state index in [0.29, 0.717) is 5.02 Å². The molecular weight excluding hydrogens is 246 g/mol. The highest BCUT2D eigenvalue weighted by atomic mass is 35.5. The van der Waals surface area contributed by atoms with Gasteiger partial charge in [-0.3, -0.25) is 0 Å². The number of nitrogens with two attached hydrogens (primary N) is 1. The summed E-state index contributed by atoms with van der Waals surface area (Å²) in [5.74, 6) is 0.267. The van der Waals surface area contributed by atoms with Gasteiger partial charge < -0.3 is 5.73 Å². The summed E-state index contributed by atoms with van der Waals surface area (Å²) in [6.07, 6.45) is 0. The van der Waals surface area contributed by atoms with Crippen LogP contribution >= 0.6 is 11.6 Å². The first kappa shape index (κ1) is 11.0. The van der Waals surface area contributed by atoms with Crippen LogP contribution in [-0.4, -0.2) is 9.97 Å². The van der Waals surface area contributed by atoms with E-state index >= 15 is 0 Å². The summed E-state index contributed by atoms with van der Waals surface area (Å²) in [6, 6.07) is 15.3. The molecule has 0 saturated heterocycles. The molecule has 0 radical (unpaired) electrons. The van der Waals surface area contributed by atoms with Gasteiger partial charge in [-0.05, 0) is 18.2 Å². The van der Waals surface area contributed by atoms with Crippen molar-refractivity contribution in [1.82, 2.24) is 9.97 Å². The topological polar surface area (TPSA) is 51.8 Å². The van der Waals surface area contributed by atoms with Gasteiger partial charge in [-0.2, -0.15) is 0 Å². The second-order valence-corrected chi connectivity index (χ2v) is 4.39. The predicted molar refractivity (Wildman–Crippen MR) is 74.4 cm³/mol. The molecule has 3 aromatic rings. The molecule has 0 atom stereocenters. The summed E-state index contributed by atoms with van der Waals surface area (Å²) in [4.78, 5) is 8.54. The smallest absolute Gasteiger partial charge is 0.221 e. The SMILES string of the molecule is Nc1nc(-c2cccc(Cl)c2)c2ccccc2n1. The molecule has 0 amide bonds. The molecule has 0 aliphatic carbocycles. The molecular formula is C14H10ClN3. The largest absolute Gasteiger partial charge is 0.368 e. The fourth-order valence-corrected chi connectivity index (χ4v) is 2.14. The fraction of sp³-hybridized carbons (Fsp3) is 0. The van der Waals surface area contributed by atoms with Crippen LogP contribution in [0.3, 0.4) is 0 Å². The molecule has 18 heavy (non-hydrogen) atoms. The zero-order chi connectivity index (χ0) is 12.5. The Labute approximate surface area is 109 Å². The van der Waals surface area contributed by atoms with E-state index in [-0.39, 0.29) is 5.95 Å². The Balaban J connectivity index is 2.34. The van der Waals surface area contributed by atoms with Gasteiger partial charge in [-0.1, -0.05) is 41.9 Å². The van der Waals surface area contributed by atoms with Crippen molar-refractivity contribution in [2.24, 2.45) is 0 Å². The highest BCUT2D eigenvalue weighted by Gasteiger charge is 2.08. The van der Waals surface area contributed by atoms with Crippen molar-refractivity contribution in [1.29, 1.82) is 0 Å². The minimum atomic E-state index is 0.267. The zero-order valence-electron chi connectivity index (χ0n) is 9.47. The van der Waals surface area contributed by atoms with Crippen LogP contribution in [0.15, 0.2) is 48.5 Å². The van der Waals surface area contributed by atoms with Gasteiger partial charge in [-0.15, -0.1) is 0 Å². The van der Waals surface area contributed by atoms with E-state index in [4.69, 9.17) is 17.3 Å². The maximum atomic E-state index is 6.01. The molecule has 3 rings (SSSR count). The number of para-hydroxylation sites is 1. The number of halogens is 1. The Bertz CT molecular complexity index is 725. The molecule has 0 aliphatic heterocycles. The second kappa shape index (κ2) is 4.27. The zero-order valence-corrected chi connectivity index (χ0v) is 10.2. The minimum absolute atomic E-state index is 0.267. The Morgan fingerprint density at radius 1 is 0.944 bits per heavy atom. The van der Waals surface area contributed by atoms with E-state index in [2.05, 4.69) is 9.97 Å². The molecule has 0 unspecified atom stereocenters. The molecule has 3 nitrogen and oxygen atoms in total. The summed E-state index contributed by atoms with van der Waals surface area (Å²) in [5.41, 5.74) is 8.32. The molecule has 88 valence electrons. The van der Waals surface area contributed by atoms with Gasteiger partial charge in [0.25, 0.3) is 0 Å². The van der Waals surface area contributed by atoms with Crippen molar-refractivity contribution in [2.75, 3.05) is 5.73 Å². The third kappa shape index (κ3) is 1.89. The van der Waals surface area contributed by atoms with Crippen molar-refractivity contribution in [3.8, 4) is 11.3 Å². The van der Waals surface area contributed by atoms with Crippen molar-refractivity contribution >= 4 is 28.5 Å². The van der Waals surface area contributed by atoms with Gasteiger partial charge in [0.05, 0.1) is 11.2 Å². The fourth-order valence-electron chi connectivity index (χ4n) is 1.95. The molecule has 0 bridgehead atoms. The van der Waals surface area contributed by atoms with Crippen LogP contribution in [-0.2, 0) is 0 Å². The number of rotatable bonds is 1. The summed E-state index contributed by atoms with van der Waals surface area (Å²) in [6.45, 7) is 0. The van der Waals surface area contributed by atoms with Crippen LogP contribution in [0.5, 0.6) is 0 Å². The van der Waals surface area contributed by atoms with Crippen LogP contribution in [0, 0.1) is 0 Å². The average molecular weight is 256 g/mol. The number of aromatic nitrogens is 2. The summed E-state index contributed by atoms with van der Waals surface area (Å²) in [5, 5.41) is 1.64. The number of nitrogens with zero attached hydrogens (tertiary/aromatic N) is 2. The van der Waals surface area contributed by atoms with Crippen molar-refractivity contribution < 1.29 is 0 Å². The molecule has 0 aliphatic rings. The number of hydrogen-bond donors (Lipinski definition) is 1. The lowest BCUT2D eigenvalue weighted by molar-refractivity contribution is 1.24. The Hall–Kier alpha value is -2.13. The summed E-state index contributed by atoms with van der Waals surface area (Å²) < 4.78 is 0. The van der Waals surface area contributed by atoms with Gasteiger partial charge in [0.2, 0.25) is 5.95 Å². The lowest BCUT2D eigenvalue weighted by Crippen LogP contribution is -1.97. The standard InChI is InChI=1S/C14H10ClN3/c15-10-5-3-4-9(8-10)13-11-6-1-2-7-12(11)17-14(16)18-13/h1-8H,(H2,16,17,18). The van der Waals surface area contributed by atoms with E-state index in [1.807, 2.05) is 48.5 Å². The quantitative estimate of drug-likeness (QED) is 0.724. The Morgan fingerprint density at radius 2 is 1.78 bits per heavy atom. The van der Waals surface area contributed by atoms with Crippen LogP contribution in [0.25, 0.3) is 22.2 Å². The van der Waals surface area contributed by atoms with Gasteiger partial charge in [0.15, 0.2) is 0 Å². The molecule has 2 aromatic carbocycles. The molecule has 0 fully saturated rings. The van der Waals surface area contributed by atoms with Crippen molar-refractivity contribution in [3.63, 3.8) is 0 Å². The molecule has 2 N–H and O–H groups in total. The Morgan fingerprint density at radius 3 is 2.61 bits per heavy atom. The van der Waals surface area contributed by atoms with E-state index in [1.165, 1.54) is 0 Å². The van der Waals surface area contributed by atoms with E-state index in [0.717, 1.165) is 22.2 Å². The van der Waals surface area contributed by atoms with Crippen molar-refractivity contribution in [2.45, 2.75) is 0 Å². The molecule has 4 heteroatoms. The van der Waals surface area contributed by atoms with Crippen LogP contribution < -0.4 is 5.73 Å². The monoisotopic (exact) mass is 255 g/mol. The minimum Gasteiger partial charge on any atom is -0.368 e. The first-order valence-corrected chi connectivity index (χ1v) is 5.90. The number of anilines is 1. The van der Waals surface area contributed by atoms with Gasteiger partial charge in [0.1, 0.15) is 0 Å². The lowest BCUT2D eigenvalue weighted by Gasteiger charge is -2.06. The van der Waals surface area contributed by atoms with E-state index in [9.17, 15) is 0 Å². The number of nitrogen functional groups attached to an aromatic ring is 1. The van der Waals surface area contributed by atoms with Gasteiger partial charge in [-0.25, -0.2) is 9.97 Å². The summed E-state index contributed by atoms with van der Waals surface area (Å²) >= 11 is 6.01. The van der Waals surface area contributed by atoms with E-state index < -0.39 is 0 Å². The van der Waals surface area contributed by atoms with Crippen LogP contribution in [0.4, 0.5) is 5.95 Å². The lowest BCUT2D eigenvalue weighted by atomic mass is 10.1. The number of benzene rings is 2. The Kier molecular flexibility index (Phi) is 2.61. The molecule has 1 heterocycles. The third-order valence-corrected chi connectivity index (χ3v) is 2.95. The maximum Gasteiger partial charge on any atom is 0.221 e. The predicted octanol–water partition coefficient (Wildman–Crippen LogP) is 3.53. The highest BCUT2D eigenvalue weighted by Crippen LogP contribution is 2.28. The summed E-state index contributed by atoms with van der Waals surface area (Å²) in [7, 11) is 0. The van der Waals surface area contributed by atoms with Gasteiger partial charge in [0, 0.05) is 16.0 Å². The molecule has 0 saturated carbocycles. The first-order chi connectivity index (χ1) is 8.74. The molecule has 1 aromatic heterocycles.